The fraction of sp³-hybridized carbons (Fsp3) is 1.00. The van der Waals surface area contributed by atoms with Gasteiger partial charge in [-0.1, -0.05) is 11.6 Å². The van der Waals surface area contributed by atoms with Gasteiger partial charge in [0.15, 0.2) is 0 Å². The van der Waals surface area contributed by atoms with Crippen molar-refractivity contribution in [2.45, 2.75) is 9.96 Å². The van der Waals surface area contributed by atoms with Crippen LogP contribution in [0.5, 0.6) is 0 Å². The van der Waals surface area contributed by atoms with Crippen LogP contribution in [0.4, 0.5) is 13.2 Å². The zero-order chi connectivity index (χ0) is 7.71. The number of rotatable bonds is 2. The van der Waals surface area contributed by atoms with Gasteiger partial charge in [0, 0.05) is 0 Å². The van der Waals surface area contributed by atoms with Crippen LogP contribution in [0.2, 0.25) is 0 Å². The molecule has 0 aliphatic rings. The highest BCUT2D eigenvalue weighted by Crippen LogP contribution is 2.40. The molecule has 0 amide bonds. The van der Waals surface area contributed by atoms with E-state index in [1.807, 2.05) is 0 Å². The molecule has 1 atom stereocenters. The molecule has 0 saturated carbocycles. The first-order valence-corrected chi connectivity index (χ1v) is 3.04. The maximum atomic E-state index is 12.0. The number of hydrogen-bond acceptors (Lipinski definition) is 1. The van der Waals surface area contributed by atoms with Crippen LogP contribution in [-0.2, 0) is 0 Å². The number of halogens is 5. The molecule has 0 aromatic carbocycles. The molecule has 1 nitrogen and oxygen atoms in total. The van der Waals surface area contributed by atoms with Gasteiger partial charge < -0.3 is 5.11 Å². The van der Waals surface area contributed by atoms with Gasteiger partial charge in [-0.2, -0.15) is 8.78 Å². The molecule has 9 heavy (non-hydrogen) atoms. The van der Waals surface area contributed by atoms with Gasteiger partial charge in [-0.15, -0.1) is 0 Å². The minimum atomic E-state index is -3.89. The summed E-state index contributed by atoms with van der Waals surface area (Å²) >= 11 is 6.14. The minimum absolute atomic E-state index is 1.44. The highest BCUT2D eigenvalue weighted by molar-refractivity contribution is 9.10. The van der Waals surface area contributed by atoms with E-state index in [1.54, 1.807) is 15.9 Å². The molecule has 56 valence electrons. The summed E-state index contributed by atoms with van der Waals surface area (Å²) in [6, 6.07) is 0. The fourth-order valence-corrected chi connectivity index (χ4v) is 0.215. The smallest absolute Gasteiger partial charge is 0.350 e. The minimum Gasteiger partial charge on any atom is -0.391 e. The molecule has 0 aliphatic heterocycles. The van der Waals surface area contributed by atoms with E-state index in [0.717, 1.165) is 0 Å². The Kier molecular flexibility index (Phi) is 2.79. The van der Waals surface area contributed by atoms with Gasteiger partial charge in [0.05, 0.1) is 6.61 Å². The van der Waals surface area contributed by atoms with E-state index >= 15 is 0 Å². The van der Waals surface area contributed by atoms with Crippen LogP contribution in [0.1, 0.15) is 0 Å². The highest BCUT2D eigenvalue weighted by Gasteiger charge is 2.51. The van der Waals surface area contributed by atoms with E-state index in [4.69, 9.17) is 5.11 Å². The fourth-order valence-electron chi connectivity index (χ4n) is 0.0896. The molecule has 0 heterocycles. The Morgan fingerprint density at radius 3 is 1.78 bits per heavy atom. The van der Waals surface area contributed by atoms with Crippen molar-refractivity contribution in [3.05, 3.63) is 0 Å². The van der Waals surface area contributed by atoms with Gasteiger partial charge in [-0.05, 0) is 15.9 Å². The van der Waals surface area contributed by atoms with Crippen LogP contribution in [0.25, 0.3) is 0 Å². The Hall–Kier alpha value is 0.520. The topological polar surface area (TPSA) is 20.2 Å². The highest BCUT2D eigenvalue weighted by atomic mass is 79.9. The molecule has 0 rings (SSSR count). The first-order valence-electron chi connectivity index (χ1n) is 1.86. The molecule has 0 aromatic rings. The van der Waals surface area contributed by atoms with Gasteiger partial charge in [0.1, 0.15) is 0 Å². The van der Waals surface area contributed by atoms with Crippen LogP contribution < -0.4 is 0 Å². The standard InChI is InChI=1S/C3H3BrClF3O/c4-3(7,8)2(5,6)1-9/h9H,1H2/t2-/m1/s1. The number of alkyl halides is 5. The van der Waals surface area contributed by atoms with Crippen molar-refractivity contribution in [1.29, 1.82) is 0 Å². The zero-order valence-electron chi connectivity index (χ0n) is 4.04. The predicted molar refractivity (Wildman–Crippen MR) is 30.7 cm³/mol. The van der Waals surface area contributed by atoms with Gasteiger partial charge in [0.2, 0.25) is 0 Å². The summed E-state index contributed by atoms with van der Waals surface area (Å²) in [6.07, 6.45) is 0. The van der Waals surface area contributed by atoms with Crippen LogP contribution >= 0.6 is 27.5 Å². The Labute approximate surface area is 62.9 Å². The number of hydrogen-bond donors (Lipinski definition) is 1. The van der Waals surface area contributed by atoms with Crippen LogP contribution in [0.15, 0.2) is 0 Å². The summed E-state index contributed by atoms with van der Waals surface area (Å²) < 4.78 is 35.5. The Bertz CT molecular complexity index is 102. The van der Waals surface area contributed by atoms with Crippen molar-refractivity contribution in [3.8, 4) is 0 Å². The van der Waals surface area contributed by atoms with E-state index in [0.29, 0.717) is 0 Å². The van der Waals surface area contributed by atoms with Crippen molar-refractivity contribution in [3.63, 3.8) is 0 Å². The third-order valence-electron chi connectivity index (χ3n) is 0.613. The van der Waals surface area contributed by atoms with Gasteiger partial charge >= 0.3 is 4.83 Å². The third kappa shape index (κ3) is 2.31. The maximum Gasteiger partial charge on any atom is 0.350 e. The lowest BCUT2D eigenvalue weighted by Gasteiger charge is -2.19. The lowest BCUT2D eigenvalue weighted by molar-refractivity contribution is -0.0339. The molecule has 6 heteroatoms. The molecule has 0 spiro atoms. The molecule has 0 aromatic heterocycles. The number of aliphatic hydroxyl groups excluding tert-OH is 1. The summed E-state index contributed by atoms with van der Waals surface area (Å²) in [5.74, 6) is 0. The maximum absolute atomic E-state index is 12.0. The van der Waals surface area contributed by atoms with E-state index in [9.17, 15) is 13.2 Å². The van der Waals surface area contributed by atoms with Crippen molar-refractivity contribution in [2.75, 3.05) is 6.61 Å². The Morgan fingerprint density at radius 2 is 1.78 bits per heavy atom. The molecular weight excluding hydrogens is 224 g/mol. The quantitative estimate of drug-likeness (QED) is 0.714. The van der Waals surface area contributed by atoms with Crippen molar-refractivity contribution < 1.29 is 18.3 Å². The SMILES string of the molecule is OC[C@](F)(Cl)C(F)(F)Br. The molecule has 0 unspecified atom stereocenters. The van der Waals surface area contributed by atoms with Crippen LogP contribution in [-0.4, -0.2) is 21.7 Å². The number of aliphatic hydroxyl groups is 1. The van der Waals surface area contributed by atoms with E-state index < -0.39 is 16.6 Å². The van der Waals surface area contributed by atoms with E-state index in [-0.39, 0.29) is 0 Å². The summed E-state index contributed by atoms with van der Waals surface area (Å²) in [7, 11) is 0. The van der Waals surface area contributed by atoms with Gasteiger partial charge in [0.25, 0.3) is 5.13 Å². The van der Waals surface area contributed by atoms with Gasteiger partial charge in [-0.3, -0.25) is 0 Å². The Balaban J connectivity index is 4.14. The second kappa shape index (κ2) is 2.64. The van der Waals surface area contributed by atoms with E-state index in [2.05, 4.69) is 11.6 Å². The molecule has 0 saturated heterocycles. The Morgan fingerprint density at radius 1 is 1.44 bits per heavy atom. The second-order valence-electron chi connectivity index (χ2n) is 1.36. The average molecular weight is 227 g/mol. The first-order chi connectivity index (χ1) is 3.81. The molecular formula is C3H3BrClF3O. The summed E-state index contributed by atoms with van der Waals surface area (Å²) in [5.41, 5.74) is 0. The first kappa shape index (κ1) is 9.52. The van der Waals surface area contributed by atoms with Crippen molar-refractivity contribution in [1.82, 2.24) is 0 Å². The van der Waals surface area contributed by atoms with Crippen LogP contribution in [0, 0.1) is 0 Å². The molecule has 0 bridgehead atoms. The molecule has 1 N–H and O–H groups in total. The molecule has 0 fully saturated rings. The molecule has 0 aliphatic carbocycles. The van der Waals surface area contributed by atoms with Gasteiger partial charge in [-0.25, -0.2) is 4.39 Å². The monoisotopic (exact) mass is 226 g/mol. The van der Waals surface area contributed by atoms with E-state index in [1.165, 1.54) is 0 Å². The second-order valence-corrected chi connectivity index (χ2v) is 2.96. The third-order valence-corrected chi connectivity index (χ3v) is 1.83. The largest absolute Gasteiger partial charge is 0.391 e. The normalized spacial score (nSPS) is 19.3. The summed E-state index contributed by atoms with van der Waals surface area (Å²) in [4.78, 5) is -3.89. The lowest BCUT2D eigenvalue weighted by atomic mass is 10.4. The van der Waals surface area contributed by atoms with Crippen LogP contribution in [0.3, 0.4) is 0 Å². The average Bonchev–Trinajstić information content (AvgIpc) is 1.64. The van der Waals surface area contributed by atoms with Crippen molar-refractivity contribution >= 4 is 27.5 Å². The van der Waals surface area contributed by atoms with Crippen molar-refractivity contribution in [2.24, 2.45) is 0 Å². The summed E-state index contributed by atoms with van der Waals surface area (Å²) in [6.45, 7) is -1.44. The lowest BCUT2D eigenvalue weighted by Crippen LogP contribution is -2.37. The summed E-state index contributed by atoms with van der Waals surface area (Å²) in [5, 5.41) is 4.50. The molecule has 0 radical (unpaired) electrons. The predicted octanol–water partition coefficient (Wildman–Crippen LogP) is 1.87. The zero-order valence-corrected chi connectivity index (χ0v) is 6.39.